The Labute approximate surface area is 157 Å². The van der Waals surface area contributed by atoms with Crippen LogP contribution in [0.4, 0.5) is 13.2 Å². The van der Waals surface area contributed by atoms with Crippen molar-refractivity contribution >= 4 is 18.0 Å². The molecule has 2 aromatic rings. The molecular weight excluding hydrogens is 381 g/mol. The first-order chi connectivity index (χ1) is 13.2. The number of esters is 2. The zero-order valence-electron chi connectivity index (χ0n) is 14.7. The number of carbonyl (C=O) groups excluding carboxylic acids is 2. The van der Waals surface area contributed by atoms with Crippen molar-refractivity contribution in [1.82, 2.24) is 0 Å². The van der Waals surface area contributed by atoms with Crippen molar-refractivity contribution in [2.24, 2.45) is 0 Å². The van der Waals surface area contributed by atoms with Gasteiger partial charge < -0.3 is 19.3 Å². The lowest BCUT2D eigenvalue weighted by molar-refractivity contribution is -0.139. The summed E-state index contributed by atoms with van der Waals surface area (Å²) in [5.74, 6) is -3.57. The van der Waals surface area contributed by atoms with Crippen molar-refractivity contribution in [3.63, 3.8) is 0 Å². The number of rotatable bonds is 5. The maximum Gasteiger partial charge on any atom is 0.416 e. The summed E-state index contributed by atoms with van der Waals surface area (Å²) in [6, 6.07) is 8.33. The molecule has 2 aromatic carbocycles. The Morgan fingerprint density at radius 1 is 1.00 bits per heavy atom. The molecule has 0 heterocycles. The zero-order chi connectivity index (χ0) is 20.9. The SMILES string of the molecule is COC(=O)C(=Cc1ccccc1C(F)(F)F)Oc1cccc(C(=O)OC)c1O. The van der Waals surface area contributed by atoms with E-state index in [1.807, 2.05) is 0 Å². The maximum absolute atomic E-state index is 13.2. The molecule has 6 nitrogen and oxygen atoms in total. The first-order valence-corrected chi connectivity index (χ1v) is 7.73. The van der Waals surface area contributed by atoms with Crippen LogP contribution in [-0.2, 0) is 20.4 Å². The van der Waals surface area contributed by atoms with Gasteiger partial charge in [0.25, 0.3) is 0 Å². The molecule has 28 heavy (non-hydrogen) atoms. The van der Waals surface area contributed by atoms with Crippen molar-refractivity contribution in [2.75, 3.05) is 14.2 Å². The van der Waals surface area contributed by atoms with E-state index in [9.17, 15) is 27.9 Å². The number of phenolic OH excluding ortho intramolecular Hbond substituents is 1. The molecule has 0 aliphatic heterocycles. The number of aromatic hydroxyl groups is 1. The van der Waals surface area contributed by atoms with E-state index in [4.69, 9.17) is 4.74 Å². The van der Waals surface area contributed by atoms with E-state index in [1.54, 1.807) is 0 Å². The fourth-order valence-corrected chi connectivity index (χ4v) is 2.25. The average Bonchev–Trinajstić information content (AvgIpc) is 2.67. The minimum absolute atomic E-state index is 0.250. The van der Waals surface area contributed by atoms with E-state index in [-0.39, 0.29) is 16.9 Å². The molecule has 2 rings (SSSR count). The lowest BCUT2D eigenvalue weighted by atomic mass is 10.1. The van der Waals surface area contributed by atoms with Gasteiger partial charge in [-0.3, -0.25) is 0 Å². The van der Waals surface area contributed by atoms with Gasteiger partial charge in [-0.25, -0.2) is 9.59 Å². The normalized spacial score (nSPS) is 11.7. The molecule has 9 heteroatoms. The number of alkyl halides is 3. The Morgan fingerprint density at radius 3 is 2.29 bits per heavy atom. The van der Waals surface area contributed by atoms with Crippen molar-refractivity contribution in [3.8, 4) is 11.5 Å². The van der Waals surface area contributed by atoms with Gasteiger partial charge in [0.1, 0.15) is 5.56 Å². The minimum atomic E-state index is -4.67. The Kier molecular flexibility index (Phi) is 6.29. The van der Waals surface area contributed by atoms with Gasteiger partial charge in [-0.1, -0.05) is 24.3 Å². The van der Waals surface area contributed by atoms with E-state index >= 15 is 0 Å². The summed E-state index contributed by atoms with van der Waals surface area (Å²) in [5, 5.41) is 10.2. The van der Waals surface area contributed by atoms with Crippen LogP contribution < -0.4 is 4.74 Å². The van der Waals surface area contributed by atoms with Crippen molar-refractivity contribution in [2.45, 2.75) is 6.18 Å². The summed E-state index contributed by atoms with van der Waals surface area (Å²) < 4.78 is 53.8. The number of phenols is 1. The third kappa shape index (κ3) is 4.61. The largest absolute Gasteiger partial charge is 0.504 e. The monoisotopic (exact) mass is 396 g/mol. The fourth-order valence-electron chi connectivity index (χ4n) is 2.25. The molecular formula is C19H15F3O6. The third-order valence-corrected chi connectivity index (χ3v) is 3.56. The summed E-state index contributed by atoms with van der Waals surface area (Å²) in [6.07, 6.45) is -3.83. The number of hydrogen-bond acceptors (Lipinski definition) is 6. The topological polar surface area (TPSA) is 82.1 Å². The van der Waals surface area contributed by atoms with Crippen LogP contribution >= 0.6 is 0 Å². The van der Waals surface area contributed by atoms with Gasteiger partial charge in [0, 0.05) is 0 Å². The van der Waals surface area contributed by atoms with Gasteiger partial charge in [0.2, 0.25) is 5.76 Å². The molecule has 0 atom stereocenters. The second-order valence-electron chi connectivity index (χ2n) is 5.33. The number of benzene rings is 2. The van der Waals surface area contributed by atoms with Gasteiger partial charge in [0.05, 0.1) is 19.8 Å². The lowest BCUT2D eigenvalue weighted by Crippen LogP contribution is -2.13. The number of hydrogen-bond donors (Lipinski definition) is 1. The van der Waals surface area contributed by atoms with Gasteiger partial charge in [-0.15, -0.1) is 0 Å². The molecule has 0 saturated carbocycles. The van der Waals surface area contributed by atoms with E-state index in [0.717, 1.165) is 32.4 Å². The summed E-state index contributed by atoms with van der Waals surface area (Å²) in [6.45, 7) is 0. The Hall–Kier alpha value is -3.49. The molecule has 0 bridgehead atoms. The molecule has 0 aromatic heterocycles. The summed E-state index contributed by atoms with van der Waals surface area (Å²) in [5.41, 5.74) is -1.59. The molecule has 1 N–H and O–H groups in total. The summed E-state index contributed by atoms with van der Waals surface area (Å²) in [4.78, 5) is 23.6. The minimum Gasteiger partial charge on any atom is -0.504 e. The summed E-state index contributed by atoms with van der Waals surface area (Å²) in [7, 11) is 2.11. The van der Waals surface area contributed by atoms with E-state index in [2.05, 4.69) is 9.47 Å². The molecule has 0 saturated heterocycles. The summed E-state index contributed by atoms with van der Waals surface area (Å²) >= 11 is 0. The molecule has 0 amide bonds. The highest BCUT2D eigenvalue weighted by molar-refractivity contribution is 5.94. The van der Waals surface area contributed by atoms with E-state index < -0.39 is 35.2 Å². The van der Waals surface area contributed by atoms with Crippen LogP contribution in [0.25, 0.3) is 6.08 Å². The van der Waals surface area contributed by atoms with Gasteiger partial charge in [-0.2, -0.15) is 13.2 Å². The van der Waals surface area contributed by atoms with Crippen LogP contribution in [0.1, 0.15) is 21.5 Å². The van der Waals surface area contributed by atoms with E-state index in [0.29, 0.717) is 0 Å². The van der Waals surface area contributed by atoms with Crippen LogP contribution in [0.3, 0.4) is 0 Å². The smallest absolute Gasteiger partial charge is 0.416 e. The van der Waals surface area contributed by atoms with Crippen LogP contribution in [0.15, 0.2) is 48.2 Å². The molecule has 148 valence electrons. The van der Waals surface area contributed by atoms with Crippen LogP contribution in [-0.4, -0.2) is 31.3 Å². The molecule has 0 spiro atoms. The highest BCUT2D eigenvalue weighted by Gasteiger charge is 2.33. The van der Waals surface area contributed by atoms with Crippen LogP contribution in [0.5, 0.6) is 11.5 Å². The fraction of sp³-hybridized carbons (Fsp3) is 0.158. The zero-order valence-corrected chi connectivity index (χ0v) is 14.7. The second-order valence-corrected chi connectivity index (χ2v) is 5.33. The highest BCUT2D eigenvalue weighted by atomic mass is 19.4. The predicted octanol–water partition coefficient (Wildman–Crippen LogP) is 3.79. The molecule has 0 aliphatic rings. The number of carbonyl (C=O) groups is 2. The highest BCUT2D eigenvalue weighted by Crippen LogP contribution is 2.35. The number of halogens is 3. The number of ether oxygens (including phenoxy) is 3. The third-order valence-electron chi connectivity index (χ3n) is 3.56. The Balaban J connectivity index is 2.53. The van der Waals surface area contributed by atoms with Gasteiger partial charge in [0.15, 0.2) is 11.5 Å². The first-order valence-electron chi connectivity index (χ1n) is 7.73. The quantitative estimate of drug-likeness (QED) is 0.471. The predicted molar refractivity (Wildman–Crippen MR) is 91.5 cm³/mol. The van der Waals surface area contributed by atoms with Crippen molar-refractivity contribution in [3.05, 3.63) is 64.9 Å². The standard InChI is InChI=1S/C19H15F3O6/c1-26-17(24)12-7-5-9-14(16(12)23)28-15(18(25)27-2)10-11-6-3-4-8-13(11)19(20,21)22/h3-10,23H,1-2H3. The Bertz CT molecular complexity index is 918. The Morgan fingerprint density at radius 2 is 1.68 bits per heavy atom. The lowest BCUT2D eigenvalue weighted by Gasteiger charge is -2.13. The molecule has 0 radical (unpaired) electrons. The van der Waals surface area contributed by atoms with Crippen LogP contribution in [0.2, 0.25) is 0 Å². The van der Waals surface area contributed by atoms with Crippen molar-refractivity contribution in [1.29, 1.82) is 0 Å². The van der Waals surface area contributed by atoms with Crippen LogP contribution in [0, 0.1) is 0 Å². The van der Waals surface area contributed by atoms with Gasteiger partial charge in [-0.05, 0) is 29.8 Å². The van der Waals surface area contributed by atoms with Crippen molar-refractivity contribution < 1.29 is 42.1 Å². The number of para-hydroxylation sites is 1. The molecule has 0 aliphatic carbocycles. The maximum atomic E-state index is 13.2. The molecule has 0 unspecified atom stereocenters. The average molecular weight is 396 g/mol. The number of methoxy groups -OCH3 is 2. The van der Waals surface area contributed by atoms with E-state index in [1.165, 1.54) is 30.3 Å². The van der Waals surface area contributed by atoms with Gasteiger partial charge >= 0.3 is 18.1 Å². The molecule has 0 fully saturated rings. The first kappa shape index (κ1) is 20.8. The second kappa shape index (κ2) is 8.47.